The van der Waals surface area contributed by atoms with Gasteiger partial charge in [0.15, 0.2) is 0 Å². The lowest BCUT2D eigenvalue weighted by atomic mass is 10.00. The molecule has 0 radical (unpaired) electrons. The summed E-state index contributed by atoms with van der Waals surface area (Å²) in [6.45, 7) is 0.625. The van der Waals surface area contributed by atoms with Crippen molar-refractivity contribution in [3.8, 4) is 28.6 Å². The zero-order valence-electron chi connectivity index (χ0n) is 18.1. The van der Waals surface area contributed by atoms with Gasteiger partial charge in [-0.05, 0) is 35.4 Å². The molecule has 4 rings (SSSR count). The number of hydrogen-bond acceptors (Lipinski definition) is 5. The van der Waals surface area contributed by atoms with Crippen molar-refractivity contribution in [2.24, 2.45) is 0 Å². The third kappa shape index (κ3) is 5.49. The van der Waals surface area contributed by atoms with Crippen LogP contribution in [0.1, 0.15) is 21.5 Å². The van der Waals surface area contributed by atoms with Gasteiger partial charge < -0.3 is 19.3 Å². The summed E-state index contributed by atoms with van der Waals surface area (Å²) in [6, 6.07) is 27.7. The number of aromatic nitrogens is 1. The average Bonchev–Trinajstić information content (AvgIpc) is 2.87. The number of aromatic carboxylic acids is 1. The molecular weight excluding hydrogens is 418 g/mol. The zero-order valence-corrected chi connectivity index (χ0v) is 18.1. The fourth-order valence-electron chi connectivity index (χ4n) is 3.34. The molecule has 3 aromatic carbocycles. The van der Waals surface area contributed by atoms with Gasteiger partial charge in [0, 0.05) is 17.2 Å². The van der Waals surface area contributed by atoms with Crippen molar-refractivity contribution in [1.29, 1.82) is 0 Å². The molecule has 0 unspecified atom stereocenters. The van der Waals surface area contributed by atoms with E-state index in [-0.39, 0.29) is 18.1 Å². The zero-order chi connectivity index (χ0) is 23.0. The molecule has 33 heavy (non-hydrogen) atoms. The van der Waals surface area contributed by atoms with Crippen LogP contribution in [-0.4, -0.2) is 23.2 Å². The third-order valence-corrected chi connectivity index (χ3v) is 5.03. The molecule has 0 aliphatic heterocycles. The highest BCUT2D eigenvalue weighted by Crippen LogP contribution is 2.35. The van der Waals surface area contributed by atoms with E-state index < -0.39 is 5.97 Å². The summed E-state index contributed by atoms with van der Waals surface area (Å²) in [5, 5.41) is 9.73. The van der Waals surface area contributed by atoms with Gasteiger partial charge in [0.25, 0.3) is 0 Å². The smallest absolute Gasteiger partial charge is 0.336 e. The Morgan fingerprint density at radius 2 is 1.42 bits per heavy atom. The van der Waals surface area contributed by atoms with Crippen molar-refractivity contribution in [1.82, 2.24) is 4.98 Å². The number of carbonyl (C=O) groups is 1. The maximum atomic E-state index is 11.9. The molecule has 0 fully saturated rings. The molecule has 0 saturated heterocycles. The Labute approximate surface area is 192 Å². The summed E-state index contributed by atoms with van der Waals surface area (Å²) in [5.41, 5.74) is 3.09. The number of carboxylic acids is 1. The first-order valence-corrected chi connectivity index (χ1v) is 10.4. The van der Waals surface area contributed by atoms with Crippen LogP contribution >= 0.6 is 0 Å². The van der Waals surface area contributed by atoms with Crippen molar-refractivity contribution in [3.63, 3.8) is 0 Å². The number of methoxy groups -OCH3 is 1. The average molecular weight is 441 g/mol. The Morgan fingerprint density at radius 1 is 0.788 bits per heavy atom. The summed E-state index contributed by atoms with van der Waals surface area (Å²) in [4.78, 5) is 16.4. The maximum Gasteiger partial charge on any atom is 0.336 e. The highest BCUT2D eigenvalue weighted by molar-refractivity contribution is 5.97. The summed E-state index contributed by atoms with van der Waals surface area (Å²) >= 11 is 0. The minimum Gasteiger partial charge on any atom is -0.497 e. The molecule has 0 bridgehead atoms. The predicted molar refractivity (Wildman–Crippen MR) is 125 cm³/mol. The lowest BCUT2D eigenvalue weighted by molar-refractivity contribution is 0.0697. The van der Waals surface area contributed by atoms with Gasteiger partial charge in [-0.15, -0.1) is 0 Å². The van der Waals surface area contributed by atoms with Crippen LogP contribution < -0.4 is 14.2 Å². The van der Waals surface area contributed by atoms with Crippen molar-refractivity contribution >= 4 is 5.97 Å². The summed E-state index contributed by atoms with van der Waals surface area (Å²) in [7, 11) is 1.53. The Bertz CT molecular complexity index is 1230. The second-order valence-corrected chi connectivity index (χ2v) is 7.27. The van der Waals surface area contributed by atoms with E-state index in [1.807, 2.05) is 60.7 Å². The molecule has 166 valence electrons. The van der Waals surface area contributed by atoms with Crippen molar-refractivity contribution in [2.45, 2.75) is 13.2 Å². The highest BCUT2D eigenvalue weighted by atomic mass is 16.5. The largest absolute Gasteiger partial charge is 0.497 e. The molecule has 0 spiro atoms. The van der Waals surface area contributed by atoms with Crippen LogP contribution in [0.3, 0.4) is 0 Å². The number of nitrogens with zero attached hydrogens (tertiary/aromatic N) is 1. The molecule has 0 amide bonds. The van der Waals surface area contributed by atoms with Crippen LogP contribution in [0.15, 0.2) is 91.0 Å². The first-order valence-electron chi connectivity index (χ1n) is 10.4. The molecule has 1 heterocycles. The minimum absolute atomic E-state index is 0.125. The van der Waals surface area contributed by atoms with Gasteiger partial charge in [0.05, 0.1) is 12.7 Å². The molecule has 6 heteroatoms. The maximum absolute atomic E-state index is 11.9. The molecule has 1 aromatic heterocycles. The van der Waals surface area contributed by atoms with Gasteiger partial charge in [-0.2, -0.15) is 4.98 Å². The van der Waals surface area contributed by atoms with E-state index in [9.17, 15) is 9.90 Å². The Hall–Kier alpha value is -4.32. The lowest BCUT2D eigenvalue weighted by Crippen LogP contribution is -2.05. The van der Waals surface area contributed by atoms with Crippen LogP contribution in [0.2, 0.25) is 0 Å². The first kappa shape index (κ1) is 21.9. The van der Waals surface area contributed by atoms with E-state index in [1.165, 1.54) is 13.2 Å². The van der Waals surface area contributed by atoms with E-state index in [0.29, 0.717) is 29.4 Å². The molecule has 0 atom stereocenters. The van der Waals surface area contributed by atoms with E-state index >= 15 is 0 Å². The van der Waals surface area contributed by atoms with Crippen LogP contribution in [-0.2, 0) is 13.2 Å². The van der Waals surface area contributed by atoms with Crippen molar-refractivity contribution < 1.29 is 24.1 Å². The third-order valence-electron chi connectivity index (χ3n) is 5.03. The molecule has 0 aliphatic carbocycles. The molecule has 1 N–H and O–H groups in total. The lowest BCUT2D eigenvalue weighted by Gasteiger charge is -2.15. The minimum atomic E-state index is -1.05. The van der Waals surface area contributed by atoms with Crippen molar-refractivity contribution in [2.75, 3.05) is 7.11 Å². The fraction of sp³-hybridized carbons (Fsp3) is 0.111. The van der Waals surface area contributed by atoms with Crippen LogP contribution in [0.4, 0.5) is 0 Å². The number of pyridine rings is 1. The highest BCUT2D eigenvalue weighted by Gasteiger charge is 2.19. The quantitative estimate of drug-likeness (QED) is 0.364. The van der Waals surface area contributed by atoms with Crippen molar-refractivity contribution in [3.05, 3.63) is 108 Å². The second kappa shape index (κ2) is 10.3. The summed E-state index contributed by atoms with van der Waals surface area (Å²) in [6.07, 6.45) is 0. The van der Waals surface area contributed by atoms with Gasteiger partial charge in [-0.1, -0.05) is 60.7 Å². The molecule has 0 aliphatic rings. The van der Waals surface area contributed by atoms with Gasteiger partial charge in [-0.25, -0.2) is 4.79 Å². The van der Waals surface area contributed by atoms with Gasteiger partial charge in [0.1, 0.15) is 19.0 Å². The number of benzene rings is 3. The van der Waals surface area contributed by atoms with Gasteiger partial charge in [-0.3, -0.25) is 0 Å². The van der Waals surface area contributed by atoms with E-state index in [1.54, 1.807) is 24.3 Å². The topological polar surface area (TPSA) is 77.9 Å². The molecular formula is C27H23NO5. The molecule has 0 saturated carbocycles. The van der Waals surface area contributed by atoms with Gasteiger partial charge in [0.2, 0.25) is 11.8 Å². The van der Waals surface area contributed by atoms with Crippen LogP contribution in [0.5, 0.6) is 17.5 Å². The van der Waals surface area contributed by atoms with E-state index in [0.717, 1.165) is 11.1 Å². The van der Waals surface area contributed by atoms with E-state index in [4.69, 9.17) is 14.2 Å². The molecule has 4 aromatic rings. The Morgan fingerprint density at radius 3 is 2.03 bits per heavy atom. The summed E-state index contributed by atoms with van der Waals surface area (Å²) in [5.74, 6) is 0.144. The predicted octanol–water partition coefficient (Wildman–Crippen LogP) is 5.61. The second-order valence-electron chi connectivity index (χ2n) is 7.27. The number of ether oxygens (including phenoxy) is 3. The summed E-state index contributed by atoms with van der Waals surface area (Å²) < 4.78 is 17.2. The number of hydrogen-bond donors (Lipinski definition) is 1. The Kier molecular flexibility index (Phi) is 6.85. The molecule has 6 nitrogen and oxygen atoms in total. The SMILES string of the molecule is COc1ccc(C(=O)O)c(-c2ccc(OCc3ccccc3)nc2OCc2ccccc2)c1. The number of carboxylic acid groups (broad SMARTS) is 1. The monoisotopic (exact) mass is 441 g/mol. The van der Waals surface area contributed by atoms with Crippen LogP contribution in [0.25, 0.3) is 11.1 Å². The van der Waals surface area contributed by atoms with E-state index in [2.05, 4.69) is 4.98 Å². The van der Waals surface area contributed by atoms with Crippen LogP contribution in [0, 0.1) is 0 Å². The standard InChI is InChI=1S/C27H23NO5/c1-31-21-12-13-23(27(29)30)24(16-21)22-14-15-25(32-17-19-8-4-2-5-9-19)28-26(22)33-18-20-10-6-3-7-11-20/h2-16H,17-18H2,1H3,(H,29,30). The Balaban J connectivity index is 1.70. The fourth-order valence-corrected chi connectivity index (χ4v) is 3.34. The van der Waals surface area contributed by atoms with Gasteiger partial charge >= 0.3 is 5.97 Å². The normalized spacial score (nSPS) is 10.5. The number of rotatable bonds is 9. The first-order chi connectivity index (χ1) is 16.1.